The van der Waals surface area contributed by atoms with E-state index in [-0.39, 0.29) is 37.0 Å². The molecule has 0 bridgehead atoms. The SMILES string of the molecule is CC[C@H](NC(=O)CCCN(c1ccccc1F)S(C)(=O)=O)c1ccc(C)c(C)c1. The highest BCUT2D eigenvalue weighted by Crippen LogP contribution is 2.23. The summed E-state index contributed by atoms with van der Waals surface area (Å²) in [6.07, 6.45) is 2.23. The molecule has 1 atom stereocenters. The van der Waals surface area contributed by atoms with Gasteiger partial charge in [-0.15, -0.1) is 0 Å². The average molecular weight is 421 g/mol. The van der Waals surface area contributed by atoms with Crippen LogP contribution in [0.5, 0.6) is 0 Å². The maximum absolute atomic E-state index is 14.0. The van der Waals surface area contributed by atoms with Crippen molar-refractivity contribution in [2.75, 3.05) is 17.1 Å². The molecule has 2 rings (SSSR count). The van der Waals surface area contributed by atoms with Crippen molar-refractivity contribution in [2.24, 2.45) is 0 Å². The number of carbonyl (C=O) groups is 1. The van der Waals surface area contributed by atoms with Crippen LogP contribution in [0.3, 0.4) is 0 Å². The van der Waals surface area contributed by atoms with Crippen molar-refractivity contribution in [1.29, 1.82) is 0 Å². The zero-order chi connectivity index (χ0) is 21.6. The van der Waals surface area contributed by atoms with Crippen molar-refractivity contribution in [3.05, 3.63) is 65.0 Å². The Labute approximate surface area is 173 Å². The summed E-state index contributed by atoms with van der Waals surface area (Å²) < 4.78 is 39.2. The van der Waals surface area contributed by atoms with Crippen LogP contribution in [0.1, 0.15) is 48.9 Å². The second-order valence-electron chi connectivity index (χ2n) is 7.26. The molecule has 1 amide bonds. The topological polar surface area (TPSA) is 66.5 Å². The van der Waals surface area contributed by atoms with Gasteiger partial charge >= 0.3 is 0 Å². The molecule has 0 spiro atoms. The molecule has 0 aromatic heterocycles. The number of aryl methyl sites for hydroxylation is 2. The minimum atomic E-state index is -3.66. The van der Waals surface area contributed by atoms with Crippen LogP contribution in [-0.4, -0.2) is 27.1 Å². The van der Waals surface area contributed by atoms with Gasteiger partial charge in [-0.1, -0.05) is 37.3 Å². The Bertz CT molecular complexity index is 960. The van der Waals surface area contributed by atoms with Gasteiger partial charge in [-0.05, 0) is 55.5 Å². The number of nitrogens with one attached hydrogen (secondary N) is 1. The Balaban J connectivity index is 1.99. The first-order chi connectivity index (χ1) is 13.6. The first-order valence-electron chi connectivity index (χ1n) is 9.72. The number of sulfonamides is 1. The van der Waals surface area contributed by atoms with E-state index in [1.165, 1.54) is 29.3 Å². The highest BCUT2D eigenvalue weighted by Gasteiger charge is 2.21. The molecular weight excluding hydrogens is 391 g/mol. The summed E-state index contributed by atoms with van der Waals surface area (Å²) in [4.78, 5) is 12.4. The maximum atomic E-state index is 14.0. The van der Waals surface area contributed by atoms with E-state index in [9.17, 15) is 17.6 Å². The minimum absolute atomic E-state index is 0.00280. The molecule has 5 nitrogen and oxygen atoms in total. The molecule has 158 valence electrons. The van der Waals surface area contributed by atoms with Gasteiger partial charge in [0.15, 0.2) is 0 Å². The number of nitrogens with zero attached hydrogens (tertiary/aromatic N) is 1. The standard InChI is InChI=1S/C22H29FN2O3S/c1-5-20(18-13-12-16(2)17(3)15-18)24-22(26)11-8-14-25(29(4,27)28)21-10-7-6-9-19(21)23/h6-7,9-10,12-13,15,20H,5,8,11,14H2,1-4H3,(H,24,26)/t20-/m0/s1. The van der Waals surface area contributed by atoms with Crippen molar-refractivity contribution >= 4 is 21.6 Å². The molecule has 29 heavy (non-hydrogen) atoms. The number of amides is 1. The first kappa shape index (κ1) is 22.9. The lowest BCUT2D eigenvalue weighted by Gasteiger charge is -2.23. The number of hydrogen-bond donors (Lipinski definition) is 1. The van der Waals surface area contributed by atoms with Gasteiger partial charge in [0, 0.05) is 13.0 Å². The molecule has 0 saturated heterocycles. The van der Waals surface area contributed by atoms with E-state index in [0.717, 1.165) is 22.5 Å². The number of benzene rings is 2. The summed E-state index contributed by atoms with van der Waals surface area (Å²) in [6, 6.07) is 11.8. The van der Waals surface area contributed by atoms with Gasteiger partial charge in [0.05, 0.1) is 18.0 Å². The third-order valence-electron chi connectivity index (χ3n) is 4.96. The minimum Gasteiger partial charge on any atom is -0.349 e. The molecule has 2 aromatic carbocycles. The predicted octanol–water partition coefficient (Wildman–Crippen LogP) is 4.26. The summed E-state index contributed by atoms with van der Waals surface area (Å²) in [5, 5.41) is 3.01. The van der Waals surface area contributed by atoms with Crippen LogP contribution in [0.4, 0.5) is 10.1 Å². The van der Waals surface area contributed by atoms with Gasteiger partial charge in [-0.2, -0.15) is 0 Å². The molecule has 0 saturated carbocycles. The third-order valence-corrected chi connectivity index (χ3v) is 6.14. The fraction of sp³-hybridized carbons (Fsp3) is 0.409. The van der Waals surface area contributed by atoms with Gasteiger partial charge < -0.3 is 5.32 Å². The highest BCUT2D eigenvalue weighted by atomic mass is 32.2. The molecule has 0 aliphatic heterocycles. The van der Waals surface area contributed by atoms with Crippen LogP contribution in [0.15, 0.2) is 42.5 Å². The summed E-state index contributed by atoms with van der Waals surface area (Å²) in [6.45, 7) is 6.12. The van der Waals surface area contributed by atoms with E-state index < -0.39 is 15.8 Å². The Hall–Kier alpha value is -2.41. The van der Waals surface area contributed by atoms with Crippen LogP contribution in [-0.2, 0) is 14.8 Å². The molecular formula is C22H29FN2O3S. The second-order valence-corrected chi connectivity index (χ2v) is 9.17. The van der Waals surface area contributed by atoms with Gasteiger partial charge in [-0.3, -0.25) is 9.10 Å². The molecule has 0 aliphatic carbocycles. The number of halogens is 1. The van der Waals surface area contributed by atoms with E-state index in [4.69, 9.17) is 0 Å². The number of hydrogen-bond acceptors (Lipinski definition) is 3. The van der Waals surface area contributed by atoms with Gasteiger partial charge in [0.1, 0.15) is 5.82 Å². The van der Waals surface area contributed by atoms with Gasteiger partial charge in [-0.25, -0.2) is 12.8 Å². The lowest BCUT2D eigenvalue weighted by atomic mass is 9.99. The molecule has 0 radical (unpaired) electrons. The highest BCUT2D eigenvalue weighted by molar-refractivity contribution is 7.92. The lowest BCUT2D eigenvalue weighted by molar-refractivity contribution is -0.121. The number of rotatable bonds is 9. The molecule has 2 aromatic rings. The van der Waals surface area contributed by atoms with Crippen molar-refractivity contribution in [3.63, 3.8) is 0 Å². The zero-order valence-corrected chi connectivity index (χ0v) is 18.2. The number of carbonyl (C=O) groups excluding carboxylic acids is 1. The third kappa shape index (κ3) is 6.29. The van der Waals surface area contributed by atoms with Crippen LogP contribution >= 0.6 is 0 Å². The van der Waals surface area contributed by atoms with Gasteiger partial charge in [0.25, 0.3) is 0 Å². The van der Waals surface area contributed by atoms with Crippen LogP contribution in [0.2, 0.25) is 0 Å². The van der Waals surface area contributed by atoms with E-state index in [1.807, 2.05) is 32.9 Å². The molecule has 7 heteroatoms. The smallest absolute Gasteiger partial charge is 0.232 e. The molecule has 0 fully saturated rings. The lowest BCUT2D eigenvalue weighted by Crippen LogP contribution is -2.33. The van der Waals surface area contributed by atoms with E-state index >= 15 is 0 Å². The monoisotopic (exact) mass is 420 g/mol. The average Bonchev–Trinajstić information content (AvgIpc) is 2.65. The van der Waals surface area contributed by atoms with Crippen molar-refractivity contribution < 1.29 is 17.6 Å². The zero-order valence-electron chi connectivity index (χ0n) is 17.4. The largest absolute Gasteiger partial charge is 0.349 e. The van der Waals surface area contributed by atoms with Crippen molar-refractivity contribution in [2.45, 2.75) is 46.1 Å². The van der Waals surface area contributed by atoms with E-state index in [2.05, 4.69) is 11.4 Å². The van der Waals surface area contributed by atoms with Crippen LogP contribution < -0.4 is 9.62 Å². The molecule has 0 heterocycles. The Kier molecular flexibility index (Phi) is 7.79. The maximum Gasteiger partial charge on any atom is 0.232 e. The Morgan fingerprint density at radius 1 is 1.14 bits per heavy atom. The molecule has 0 aliphatic rings. The fourth-order valence-corrected chi connectivity index (χ4v) is 4.14. The summed E-state index contributed by atoms with van der Waals surface area (Å²) >= 11 is 0. The van der Waals surface area contributed by atoms with Gasteiger partial charge in [0.2, 0.25) is 15.9 Å². The number of para-hydroxylation sites is 1. The second kappa shape index (κ2) is 9.87. The Morgan fingerprint density at radius 3 is 2.41 bits per heavy atom. The Morgan fingerprint density at radius 2 is 1.83 bits per heavy atom. The van der Waals surface area contributed by atoms with Crippen LogP contribution in [0.25, 0.3) is 0 Å². The van der Waals surface area contributed by atoms with Crippen molar-refractivity contribution in [3.8, 4) is 0 Å². The quantitative estimate of drug-likeness (QED) is 0.659. The number of anilines is 1. The first-order valence-corrected chi connectivity index (χ1v) is 11.6. The fourth-order valence-electron chi connectivity index (χ4n) is 3.17. The van der Waals surface area contributed by atoms with Crippen LogP contribution in [0, 0.1) is 19.7 Å². The van der Waals surface area contributed by atoms with Crippen molar-refractivity contribution in [1.82, 2.24) is 5.32 Å². The normalized spacial score (nSPS) is 12.4. The van der Waals surface area contributed by atoms with E-state index in [1.54, 1.807) is 6.07 Å². The summed E-state index contributed by atoms with van der Waals surface area (Å²) in [5.41, 5.74) is 3.41. The molecule has 0 unspecified atom stereocenters. The summed E-state index contributed by atoms with van der Waals surface area (Å²) in [7, 11) is -3.66. The predicted molar refractivity (Wildman–Crippen MR) is 115 cm³/mol. The van der Waals surface area contributed by atoms with E-state index in [0.29, 0.717) is 0 Å². The summed E-state index contributed by atoms with van der Waals surface area (Å²) in [5.74, 6) is -0.764. The molecule has 1 N–H and O–H groups in total.